The SMILES string of the molecule is Cc1ccccc1COc1ccc(C=O)cc1. The van der Waals surface area contributed by atoms with Gasteiger partial charge in [0.05, 0.1) is 0 Å². The van der Waals surface area contributed by atoms with Crippen LogP contribution in [0.4, 0.5) is 0 Å². The van der Waals surface area contributed by atoms with E-state index in [0.717, 1.165) is 12.0 Å². The van der Waals surface area contributed by atoms with Crippen molar-refractivity contribution in [3.63, 3.8) is 0 Å². The summed E-state index contributed by atoms with van der Waals surface area (Å²) in [5.41, 5.74) is 3.05. The molecule has 17 heavy (non-hydrogen) atoms. The molecule has 0 radical (unpaired) electrons. The van der Waals surface area contributed by atoms with Crippen molar-refractivity contribution in [3.05, 3.63) is 65.2 Å². The fraction of sp³-hybridized carbons (Fsp3) is 0.133. The van der Waals surface area contributed by atoms with Crippen molar-refractivity contribution >= 4 is 6.29 Å². The van der Waals surface area contributed by atoms with E-state index >= 15 is 0 Å². The second-order valence-electron chi connectivity index (χ2n) is 3.90. The van der Waals surface area contributed by atoms with E-state index in [0.29, 0.717) is 12.2 Å². The van der Waals surface area contributed by atoms with Crippen LogP contribution in [0.15, 0.2) is 48.5 Å². The lowest BCUT2D eigenvalue weighted by atomic mass is 10.1. The van der Waals surface area contributed by atoms with Crippen LogP contribution < -0.4 is 4.74 Å². The maximum Gasteiger partial charge on any atom is 0.150 e. The third kappa shape index (κ3) is 2.94. The predicted octanol–water partition coefficient (Wildman–Crippen LogP) is 3.39. The molecule has 0 atom stereocenters. The standard InChI is InChI=1S/C15H14O2/c1-12-4-2-3-5-14(12)11-17-15-8-6-13(10-16)7-9-15/h2-10H,11H2,1H3. The number of ether oxygens (including phenoxy) is 1. The number of aryl methyl sites for hydroxylation is 1. The van der Waals surface area contributed by atoms with Crippen molar-refractivity contribution in [1.29, 1.82) is 0 Å². The van der Waals surface area contributed by atoms with Crippen molar-refractivity contribution in [2.45, 2.75) is 13.5 Å². The van der Waals surface area contributed by atoms with Crippen molar-refractivity contribution in [2.75, 3.05) is 0 Å². The number of rotatable bonds is 4. The van der Waals surface area contributed by atoms with E-state index < -0.39 is 0 Å². The monoisotopic (exact) mass is 226 g/mol. The number of hydrogen-bond donors (Lipinski definition) is 0. The summed E-state index contributed by atoms with van der Waals surface area (Å²) < 4.78 is 5.66. The van der Waals surface area contributed by atoms with Gasteiger partial charge in [-0.3, -0.25) is 4.79 Å². The molecule has 0 saturated heterocycles. The second-order valence-corrected chi connectivity index (χ2v) is 3.90. The molecule has 0 aliphatic heterocycles. The van der Waals surface area contributed by atoms with Crippen LogP contribution in [0.3, 0.4) is 0 Å². The third-order valence-electron chi connectivity index (χ3n) is 2.67. The second kappa shape index (κ2) is 5.30. The first-order valence-electron chi connectivity index (χ1n) is 5.52. The van der Waals surface area contributed by atoms with E-state index in [1.54, 1.807) is 12.1 Å². The largest absolute Gasteiger partial charge is 0.489 e. The lowest BCUT2D eigenvalue weighted by Crippen LogP contribution is -1.97. The van der Waals surface area contributed by atoms with Crippen LogP contribution in [0, 0.1) is 6.92 Å². The van der Waals surface area contributed by atoms with E-state index in [1.165, 1.54) is 11.1 Å². The summed E-state index contributed by atoms with van der Waals surface area (Å²) >= 11 is 0. The molecule has 0 fully saturated rings. The van der Waals surface area contributed by atoms with Crippen molar-refractivity contribution < 1.29 is 9.53 Å². The Balaban J connectivity index is 2.02. The minimum atomic E-state index is 0.549. The Morgan fingerprint density at radius 1 is 1.06 bits per heavy atom. The number of benzene rings is 2. The minimum Gasteiger partial charge on any atom is -0.489 e. The van der Waals surface area contributed by atoms with Crippen molar-refractivity contribution in [3.8, 4) is 5.75 Å². The maximum atomic E-state index is 10.5. The van der Waals surface area contributed by atoms with Gasteiger partial charge in [0.1, 0.15) is 18.6 Å². The fourth-order valence-corrected chi connectivity index (χ4v) is 1.58. The first kappa shape index (κ1) is 11.4. The van der Waals surface area contributed by atoms with E-state index in [4.69, 9.17) is 4.74 Å². The summed E-state index contributed by atoms with van der Waals surface area (Å²) in [4.78, 5) is 10.5. The zero-order valence-corrected chi connectivity index (χ0v) is 9.72. The average molecular weight is 226 g/mol. The van der Waals surface area contributed by atoms with Crippen LogP contribution in [0.1, 0.15) is 21.5 Å². The van der Waals surface area contributed by atoms with Crippen LogP contribution in [0.2, 0.25) is 0 Å². The first-order valence-corrected chi connectivity index (χ1v) is 5.52. The van der Waals surface area contributed by atoms with Gasteiger partial charge in [0.2, 0.25) is 0 Å². The van der Waals surface area contributed by atoms with Gasteiger partial charge in [-0.1, -0.05) is 24.3 Å². The first-order chi connectivity index (χ1) is 8.29. The Bertz CT molecular complexity index is 501. The molecule has 0 spiro atoms. The van der Waals surface area contributed by atoms with Gasteiger partial charge >= 0.3 is 0 Å². The Labute approximate surface area is 101 Å². The summed E-state index contributed by atoms with van der Waals surface area (Å²) in [6, 6.07) is 15.2. The fourth-order valence-electron chi connectivity index (χ4n) is 1.58. The van der Waals surface area contributed by atoms with Crippen molar-refractivity contribution in [2.24, 2.45) is 0 Å². The maximum absolute atomic E-state index is 10.5. The molecule has 86 valence electrons. The van der Waals surface area contributed by atoms with Gasteiger partial charge < -0.3 is 4.74 Å². The summed E-state index contributed by atoms with van der Waals surface area (Å²) in [6.07, 6.45) is 0.825. The molecule has 2 rings (SSSR count). The Morgan fingerprint density at radius 2 is 1.76 bits per heavy atom. The van der Waals surface area contributed by atoms with Crippen molar-refractivity contribution in [1.82, 2.24) is 0 Å². The quantitative estimate of drug-likeness (QED) is 0.747. The third-order valence-corrected chi connectivity index (χ3v) is 2.67. The Hall–Kier alpha value is -2.09. The van der Waals surface area contributed by atoms with Gasteiger partial charge in [-0.25, -0.2) is 0 Å². The van der Waals surface area contributed by atoms with Gasteiger partial charge in [-0.05, 0) is 42.3 Å². The lowest BCUT2D eigenvalue weighted by molar-refractivity contribution is 0.112. The lowest BCUT2D eigenvalue weighted by Gasteiger charge is -2.08. The molecule has 0 unspecified atom stereocenters. The molecule has 2 aromatic carbocycles. The van der Waals surface area contributed by atoms with Crippen LogP contribution in [0.25, 0.3) is 0 Å². The number of carbonyl (C=O) groups excluding carboxylic acids is 1. The number of hydrogen-bond acceptors (Lipinski definition) is 2. The van der Waals surface area contributed by atoms with Gasteiger partial charge in [0.25, 0.3) is 0 Å². The molecule has 0 saturated carbocycles. The molecule has 0 heterocycles. The molecule has 2 nitrogen and oxygen atoms in total. The van der Waals surface area contributed by atoms with E-state index in [9.17, 15) is 4.79 Å². The average Bonchev–Trinajstić information content (AvgIpc) is 2.38. The zero-order valence-electron chi connectivity index (χ0n) is 9.72. The summed E-state index contributed by atoms with van der Waals surface area (Å²) in [5, 5.41) is 0. The minimum absolute atomic E-state index is 0.549. The summed E-state index contributed by atoms with van der Waals surface area (Å²) in [5.74, 6) is 0.777. The highest BCUT2D eigenvalue weighted by atomic mass is 16.5. The Morgan fingerprint density at radius 3 is 2.41 bits per heavy atom. The molecule has 2 aromatic rings. The van der Waals surface area contributed by atoms with Gasteiger partial charge in [-0.15, -0.1) is 0 Å². The Kier molecular flexibility index (Phi) is 3.55. The molecule has 0 aromatic heterocycles. The highest BCUT2D eigenvalue weighted by Crippen LogP contribution is 2.15. The normalized spacial score (nSPS) is 9.94. The predicted molar refractivity (Wildman–Crippen MR) is 67.3 cm³/mol. The van der Waals surface area contributed by atoms with E-state index in [1.807, 2.05) is 24.3 Å². The van der Waals surface area contributed by atoms with Crippen LogP contribution >= 0.6 is 0 Å². The van der Waals surface area contributed by atoms with E-state index in [2.05, 4.69) is 19.1 Å². The summed E-state index contributed by atoms with van der Waals surface area (Å²) in [7, 11) is 0. The van der Waals surface area contributed by atoms with Crippen LogP contribution in [-0.4, -0.2) is 6.29 Å². The van der Waals surface area contributed by atoms with Gasteiger partial charge in [-0.2, -0.15) is 0 Å². The van der Waals surface area contributed by atoms with Crippen LogP contribution in [-0.2, 0) is 6.61 Å². The smallest absolute Gasteiger partial charge is 0.150 e. The van der Waals surface area contributed by atoms with E-state index in [-0.39, 0.29) is 0 Å². The highest BCUT2D eigenvalue weighted by molar-refractivity contribution is 5.74. The molecule has 0 bridgehead atoms. The summed E-state index contributed by atoms with van der Waals surface area (Å²) in [6.45, 7) is 2.61. The molecular formula is C15H14O2. The molecule has 0 N–H and O–H groups in total. The zero-order chi connectivity index (χ0) is 12.1. The molecule has 2 heteroatoms. The molecule has 0 aliphatic carbocycles. The highest BCUT2D eigenvalue weighted by Gasteiger charge is 1.99. The number of carbonyl (C=O) groups is 1. The molecule has 0 aliphatic rings. The van der Waals surface area contributed by atoms with Gasteiger partial charge in [0.15, 0.2) is 0 Å². The molecular weight excluding hydrogens is 212 g/mol. The van der Waals surface area contributed by atoms with Gasteiger partial charge in [0, 0.05) is 5.56 Å². The van der Waals surface area contributed by atoms with Crippen LogP contribution in [0.5, 0.6) is 5.75 Å². The molecule has 0 amide bonds. The topological polar surface area (TPSA) is 26.3 Å². The number of aldehydes is 1.